The highest BCUT2D eigenvalue weighted by Crippen LogP contribution is 2.37. The second kappa shape index (κ2) is 7.82. The van der Waals surface area contributed by atoms with E-state index in [2.05, 4.69) is 31.9 Å². The van der Waals surface area contributed by atoms with Crippen molar-refractivity contribution in [1.82, 2.24) is 0 Å². The Hall–Kier alpha value is -1.05. The van der Waals surface area contributed by atoms with Crippen LogP contribution in [0.15, 0.2) is 56.3 Å². The molecule has 2 rings (SSSR count). The lowest BCUT2D eigenvalue weighted by Crippen LogP contribution is -2.02. The summed E-state index contributed by atoms with van der Waals surface area (Å²) in [5.41, 5.74) is 0.0137. The number of hydrogen-bond donors (Lipinski definition) is 0. The first-order valence-electron chi connectivity index (χ1n) is 6.02. The molecule has 7 heteroatoms. The van der Waals surface area contributed by atoms with Crippen LogP contribution in [-0.4, -0.2) is 17.3 Å². The number of nitro benzene ring substituents is 1. The molecule has 0 saturated heterocycles. The van der Waals surface area contributed by atoms with Crippen molar-refractivity contribution in [3.63, 3.8) is 0 Å². The molecule has 0 saturated carbocycles. The summed E-state index contributed by atoms with van der Waals surface area (Å²) in [6.45, 7) is 0.509. The number of non-ortho nitro benzene ring substituents is 1. The van der Waals surface area contributed by atoms with Crippen molar-refractivity contribution in [3.05, 3.63) is 61.5 Å². The molecule has 0 atom stereocenters. The van der Waals surface area contributed by atoms with Crippen molar-refractivity contribution in [2.45, 2.75) is 4.90 Å². The molecular weight excluding hydrogens is 422 g/mol. The molecule has 0 aliphatic carbocycles. The Bertz CT molecular complexity index is 614. The smallest absolute Gasteiger partial charge is 0.271 e. The molecule has 2 aromatic carbocycles. The van der Waals surface area contributed by atoms with E-state index in [4.69, 9.17) is 4.74 Å². The maximum absolute atomic E-state index is 10.8. The summed E-state index contributed by atoms with van der Waals surface area (Å²) < 4.78 is 6.81. The van der Waals surface area contributed by atoms with Gasteiger partial charge in [-0.05, 0) is 44.0 Å². The molecule has 0 radical (unpaired) electrons. The average Bonchev–Trinajstić information content (AvgIpc) is 2.46. The van der Waals surface area contributed by atoms with E-state index in [1.165, 1.54) is 17.0 Å². The van der Waals surface area contributed by atoms with Gasteiger partial charge in [0.2, 0.25) is 0 Å². The fourth-order valence-corrected chi connectivity index (χ4v) is 3.75. The van der Waals surface area contributed by atoms with Crippen LogP contribution in [0.3, 0.4) is 0 Å². The van der Waals surface area contributed by atoms with Crippen LogP contribution in [-0.2, 0) is 0 Å². The number of nitro groups is 1. The van der Waals surface area contributed by atoms with E-state index >= 15 is 0 Å². The van der Waals surface area contributed by atoms with Gasteiger partial charge in [0.05, 0.1) is 20.5 Å². The Morgan fingerprint density at radius 1 is 1.14 bits per heavy atom. The molecule has 0 amide bonds. The molecule has 0 N–H and O–H groups in total. The number of ether oxygens (including phenoxy) is 1. The highest BCUT2D eigenvalue weighted by molar-refractivity contribution is 9.11. The number of thioether (sulfide) groups is 1. The van der Waals surface area contributed by atoms with Gasteiger partial charge in [-0.25, -0.2) is 0 Å². The van der Waals surface area contributed by atoms with Gasteiger partial charge in [0.1, 0.15) is 5.75 Å². The van der Waals surface area contributed by atoms with Gasteiger partial charge in [-0.1, -0.05) is 18.2 Å². The minimum atomic E-state index is -0.440. The number of halogens is 2. The standard InChI is InChI=1S/C14H11Br2NO3S/c15-12-8-10(17(18)19)9-13(16)14(12)20-6-7-21-11-4-2-1-3-5-11/h1-5,8-9H,6-7H2. The van der Waals surface area contributed by atoms with E-state index < -0.39 is 4.92 Å². The molecule has 0 bridgehead atoms. The quantitative estimate of drug-likeness (QED) is 0.269. The van der Waals surface area contributed by atoms with Crippen LogP contribution >= 0.6 is 43.6 Å². The molecule has 0 fully saturated rings. The van der Waals surface area contributed by atoms with E-state index in [0.717, 1.165) is 5.75 Å². The normalized spacial score (nSPS) is 10.4. The van der Waals surface area contributed by atoms with E-state index in [0.29, 0.717) is 21.3 Å². The first kappa shape index (κ1) is 16.3. The van der Waals surface area contributed by atoms with Crippen molar-refractivity contribution in [2.24, 2.45) is 0 Å². The molecule has 0 heterocycles. The summed E-state index contributed by atoms with van der Waals surface area (Å²) in [5.74, 6) is 1.37. The lowest BCUT2D eigenvalue weighted by atomic mass is 10.3. The molecule has 2 aromatic rings. The molecular formula is C14H11Br2NO3S. The van der Waals surface area contributed by atoms with E-state index in [-0.39, 0.29) is 5.69 Å². The second-order valence-corrected chi connectivity index (χ2v) is 6.88. The summed E-state index contributed by atoms with van der Waals surface area (Å²) in [5, 5.41) is 10.8. The van der Waals surface area contributed by atoms with E-state index in [9.17, 15) is 10.1 Å². The van der Waals surface area contributed by atoms with Gasteiger partial charge in [-0.15, -0.1) is 11.8 Å². The summed E-state index contributed by atoms with van der Waals surface area (Å²) in [4.78, 5) is 11.5. The molecule has 21 heavy (non-hydrogen) atoms. The zero-order valence-corrected chi connectivity index (χ0v) is 14.8. The molecule has 0 unspecified atom stereocenters. The van der Waals surface area contributed by atoms with Crippen LogP contribution in [0.4, 0.5) is 5.69 Å². The number of benzene rings is 2. The lowest BCUT2D eigenvalue weighted by molar-refractivity contribution is -0.385. The van der Waals surface area contributed by atoms with Gasteiger partial charge < -0.3 is 4.74 Å². The summed E-state index contributed by atoms with van der Waals surface area (Å²) in [6, 6.07) is 12.9. The van der Waals surface area contributed by atoms with Crippen LogP contribution in [0, 0.1) is 10.1 Å². The molecule has 4 nitrogen and oxygen atoms in total. The van der Waals surface area contributed by atoms with Crippen molar-refractivity contribution >= 4 is 49.3 Å². The number of rotatable bonds is 6. The minimum Gasteiger partial charge on any atom is -0.490 e. The SMILES string of the molecule is O=[N+]([O-])c1cc(Br)c(OCCSc2ccccc2)c(Br)c1. The van der Waals surface area contributed by atoms with Crippen LogP contribution < -0.4 is 4.74 Å². The maximum atomic E-state index is 10.8. The molecule has 110 valence electrons. The first-order chi connectivity index (χ1) is 10.1. The zero-order chi connectivity index (χ0) is 15.2. The highest BCUT2D eigenvalue weighted by Gasteiger charge is 2.14. The van der Waals surface area contributed by atoms with Crippen molar-refractivity contribution < 1.29 is 9.66 Å². The van der Waals surface area contributed by atoms with Crippen LogP contribution in [0.5, 0.6) is 5.75 Å². The van der Waals surface area contributed by atoms with Crippen molar-refractivity contribution in [3.8, 4) is 5.75 Å². The fourth-order valence-electron chi connectivity index (χ4n) is 1.61. The van der Waals surface area contributed by atoms with Gasteiger partial charge in [0.15, 0.2) is 0 Å². The highest BCUT2D eigenvalue weighted by atomic mass is 79.9. The Balaban J connectivity index is 1.93. The third kappa shape index (κ3) is 4.72. The van der Waals surface area contributed by atoms with Gasteiger partial charge in [0.25, 0.3) is 5.69 Å². The Morgan fingerprint density at radius 3 is 2.33 bits per heavy atom. The van der Waals surface area contributed by atoms with Crippen molar-refractivity contribution in [1.29, 1.82) is 0 Å². The summed E-state index contributed by atoms with van der Waals surface area (Å²) in [6.07, 6.45) is 0. The minimum absolute atomic E-state index is 0.0137. The molecule has 0 aromatic heterocycles. The molecule has 0 aliphatic heterocycles. The number of hydrogen-bond acceptors (Lipinski definition) is 4. The van der Waals surface area contributed by atoms with Crippen LogP contribution in [0.25, 0.3) is 0 Å². The summed E-state index contributed by atoms with van der Waals surface area (Å²) in [7, 11) is 0. The van der Waals surface area contributed by atoms with Crippen LogP contribution in [0.2, 0.25) is 0 Å². The summed E-state index contributed by atoms with van der Waals surface area (Å²) >= 11 is 8.29. The predicted octanol–water partition coefficient (Wildman–Crippen LogP) is 5.29. The van der Waals surface area contributed by atoms with Gasteiger partial charge in [0, 0.05) is 22.8 Å². The maximum Gasteiger partial charge on any atom is 0.271 e. The fraction of sp³-hybridized carbons (Fsp3) is 0.143. The second-order valence-electron chi connectivity index (χ2n) is 4.01. The Kier molecular flexibility index (Phi) is 6.08. The Labute approximate surface area is 143 Å². The zero-order valence-electron chi connectivity index (χ0n) is 10.8. The first-order valence-corrected chi connectivity index (χ1v) is 8.59. The predicted molar refractivity (Wildman–Crippen MR) is 91.2 cm³/mol. The largest absolute Gasteiger partial charge is 0.490 e. The molecule has 0 aliphatic rings. The van der Waals surface area contributed by atoms with Gasteiger partial charge in [-0.3, -0.25) is 10.1 Å². The van der Waals surface area contributed by atoms with Crippen LogP contribution in [0.1, 0.15) is 0 Å². The van der Waals surface area contributed by atoms with E-state index in [1.807, 2.05) is 30.3 Å². The number of nitrogens with zero attached hydrogens (tertiary/aromatic N) is 1. The van der Waals surface area contributed by atoms with Crippen molar-refractivity contribution in [2.75, 3.05) is 12.4 Å². The monoisotopic (exact) mass is 431 g/mol. The van der Waals surface area contributed by atoms with E-state index in [1.54, 1.807) is 11.8 Å². The third-order valence-electron chi connectivity index (χ3n) is 2.54. The average molecular weight is 433 g/mol. The van der Waals surface area contributed by atoms with Gasteiger partial charge >= 0.3 is 0 Å². The topological polar surface area (TPSA) is 52.4 Å². The Morgan fingerprint density at radius 2 is 1.76 bits per heavy atom. The van der Waals surface area contributed by atoms with Gasteiger partial charge in [-0.2, -0.15) is 0 Å². The third-order valence-corrected chi connectivity index (χ3v) is 4.69. The molecule has 0 spiro atoms. The lowest BCUT2D eigenvalue weighted by Gasteiger charge is -2.10.